The second-order valence-corrected chi connectivity index (χ2v) is 5.11. The van der Waals surface area contributed by atoms with Crippen LogP contribution in [0.15, 0.2) is 59.1 Å². The van der Waals surface area contributed by atoms with Crippen molar-refractivity contribution < 1.29 is 8.82 Å². The van der Waals surface area contributed by atoms with Gasteiger partial charge in [-0.15, -0.1) is 0 Å². The number of nitrogens with zero attached hydrogens (tertiary/aromatic N) is 2. The third-order valence-corrected chi connectivity index (χ3v) is 3.85. The van der Waals surface area contributed by atoms with E-state index in [0.717, 1.165) is 22.6 Å². The van der Waals surface area contributed by atoms with Crippen molar-refractivity contribution in [3.63, 3.8) is 0 Å². The maximum atomic E-state index is 5.95. The number of aryl methyl sites for hydroxylation is 2. The number of oxazole rings is 1. The fraction of sp³-hybridized carbons (Fsp3) is 0.118. The number of benzene rings is 2. The highest BCUT2D eigenvalue weighted by Gasteiger charge is 2.23. The number of aromatic nitrogens is 2. The van der Waals surface area contributed by atoms with Crippen LogP contribution in [-0.4, -0.2) is 4.57 Å². The Morgan fingerprint density at radius 2 is 1.75 bits per heavy atom. The quantitative estimate of drug-likeness (QED) is 0.482. The smallest absolute Gasteiger partial charge is 0.387 e. The summed E-state index contributed by atoms with van der Waals surface area (Å²) in [5, 5.41) is 0. The summed E-state index contributed by atoms with van der Waals surface area (Å²) in [7, 11) is 2.04. The molecule has 0 radical (unpaired) electrons. The number of rotatable bonds is 1. The molecule has 98 valence electrons. The summed E-state index contributed by atoms with van der Waals surface area (Å²) >= 11 is 0. The van der Waals surface area contributed by atoms with E-state index in [1.54, 1.807) is 0 Å². The molecule has 0 amide bonds. The van der Waals surface area contributed by atoms with E-state index in [2.05, 4.69) is 52.4 Å². The van der Waals surface area contributed by atoms with Crippen LogP contribution in [0, 0.1) is 6.92 Å². The molecular weight excluding hydrogens is 248 g/mol. The largest absolute Gasteiger partial charge is 0.467 e. The van der Waals surface area contributed by atoms with Crippen molar-refractivity contribution in [3.8, 4) is 11.3 Å². The number of hydrogen-bond acceptors (Lipinski definition) is 1. The first-order valence-corrected chi connectivity index (χ1v) is 6.70. The van der Waals surface area contributed by atoms with Crippen molar-refractivity contribution in [2.45, 2.75) is 6.92 Å². The van der Waals surface area contributed by atoms with Gasteiger partial charge in [0.05, 0.1) is 7.05 Å². The Bertz CT molecular complexity index is 931. The fourth-order valence-corrected chi connectivity index (χ4v) is 2.77. The minimum absolute atomic E-state index is 0.851. The van der Waals surface area contributed by atoms with E-state index >= 15 is 0 Å². The van der Waals surface area contributed by atoms with Crippen LogP contribution in [0.2, 0.25) is 0 Å². The summed E-state index contributed by atoms with van der Waals surface area (Å²) < 4.78 is 10.2. The predicted molar refractivity (Wildman–Crippen MR) is 78.5 cm³/mol. The molecule has 2 aromatic heterocycles. The van der Waals surface area contributed by atoms with Gasteiger partial charge in [0, 0.05) is 5.56 Å². The lowest BCUT2D eigenvalue weighted by atomic mass is 10.1. The lowest BCUT2D eigenvalue weighted by molar-refractivity contribution is -0.483. The summed E-state index contributed by atoms with van der Waals surface area (Å²) in [6.45, 7) is 2.13. The Balaban J connectivity index is 2.07. The van der Waals surface area contributed by atoms with Gasteiger partial charge in [0.25, 0.3) is 0 Å². The molecule has 0 bridgehead atoms. The molecule has 0 saturated heterocycles. The van der Waals surface area contributed by atoms with Gasteiger partial charge >= 0.3 is 5.84 Å². The Morgan fingerprint density at radius 1 is 1.00 bits per heavy atom. The van der Waals surface area contributed by atoms with Gasteiger partial charge in [0.15, 0.2) is 16.8 Å². The van der Waals surface area contributed by atoms with E-state index in [9.17, 15) is 0 Å². The standard InChI is InChI=1S/C17H15N2O/c1-12-7-3-4-8-13(12)15-11-19-14-9-5-6-10-16(14)20-17(19)18(15)2/h3-11H,1-2H3/q+1. The molecule has 0 unspecified atom stereocenters. The second kappa shape index (κ2) is 3.97. The molecule has 0 aliphatic carbocycles. The van der Waals surface area contributed by atoms with E-state index < -0.39 is 0 Å². The number of imidazole rings is 1. The lowest BCUT2D eigenvalue weighted by Crippen LogP contribution is -2.15. The van der Waals surface area contributed by atoms with Gasteiger partial charge < -0.3 is 4.42 Å². The van der Waals surface area contributed by atoms with Gasteiger partial charge in [-0.1, -0.05) is 36.4 Å². The third kappa shape index (κ3) is 1.43. The summed E-state index contributed by atoms with van der Waals surface area (Å²) in [6.07, 6.45) is 2.14. The Kier molecular flexibility index (Phi) is 2.24. The molecule has 0 aliphatic heterocycles. The highest BCUT2D eigenvalue weighted by atomic mass is 16.4. The monoisotopic (exact) mass is 263 g/mol. The molecule has 0 saturated carbocycles. The lowest BCUT2D eigenvalue weighted by Gasteiger charge is -2.00. The van der Waals surface area contributed by atoms with Crippen LogP contribution in [0.4, 0.5) is 0 Å². The summed E-state index contributed by atoms with van der Waals surface area (Å²) in [4.78, 5) is 0. The number of hydrogen-bond donors (Lipinski definition) is 0. The Morgan fingerprint density at radius 3 is 2.60 bits per heavy atom. The number of fused-ring (bicyclic) bond motifs is 3. The topological polar surface area (TPSA) is 22.2 Å². The van der Waals surface area contributed by atoms with Gasteiger partial charge in [-0.2, -0.15) is 8.97 Å². The molecule has 20 heavy (non-hydrogen) atoms. The molecule has 3 heteroatoms. The van der Waals surface area contributed by atoms with E-state index in [4.69, 9.17) is 4.42 Å². The number of para-hydroxylation sites is 2. The van der Waals surface area contributed by atoms with Crippen LogP contribution in [-0.2, 0) is 7.05 Å². The van der Waals surface area contributed by atoms with Crippen LogP contribution < -0.4 is 4.40 Å². The summed E-state index contributed by atoms with van der Waals surface area (Å²) in [5.41, 5.74) is 5.67. The molecule has 2 aromatic carbocycles. The van der Waals surface area contributed by atoms with Crippen molar-refractivity contribution in [2.75, 3.05) is 0 Å². The van der Waals surface area contributed by atoms with Crippen LogP contribution >= 0.6 is 0 Å². The average Bonchev–Trinajstić information content (AvgIpc) is 2.97. The first-order chi connectivity index (χ1) is 9.75. The molecule has 3 nitrogen and oxygen atoms in total. The van der Waals surface area contributed by atoms with E-state index in [-0.39, 0.29) is 0 Å². The molecule has 2 heterocycles. The predicted octanol–water partition coefficient (Wildman–Crippen LogP) is 3.49. The molecule has 0 aliphatic rings. The Labute approximate surface area is 116 Å². The van der Waals surface area contributed by atoms with Gasteiger partial charge in [0.1, 0.15) is 6.20 Å². The van der Waals surface area contributed by atoms with Crippen molar-refractivity contribution >= 4 is 16.9 Å². The van der Waals surface area contributed by atoms with Crippen LogP contribution in [0.3, 0.4) is 0 Å². The molecule has 4 aromatic rings. The molecule has 4 rings (SSSR count). The third-order valence-electron chi connectivity index (χ3n) is 3.85. The SMILES string of the molecule is Cc1ccccc1-c1c[n+]2c3ccccc3oc2n1C. The van der Waals surface area contributed by atoms with E-state index in [1.807, 2.05) is 25.2 Å². The molecule has 0 fully saturated rings. The van der Waals surface area contributed by atoms with Crippen molar-refractivity contribution in [1.29, 1.82) is 0 Å². The van der Waals surface area contributed by atoms with Gasteiger partial charge in [-0.25, -0.2) is 0 Å². The zero-order chi connectivity index (χ0) is 13.7. The highest BCUT2D eigenvalue weighted by molar-refractivity contribution is 5.72. The minimum atomic E-state index is 0.851. The highest BCUT2D eigenvalue weighted by Crippen LogP contribution is 2.25. The molecule has 0 atom stereocenters. The first-order valence-electron chi connectivity index (χ1n) is 6.70. The van der Waals surface area contributed by atoms with Crippen LogP contribution in [0.5, 0.6) is 0 Å². The maximum Gasteiger partial charge on any atom is 0.467 e. The van der Waals surface area contributed by atoms with Crippen molar-refractivity contribution in [2.24, 2.45) is 7.05 Å². The molecule has 0 N–H and O–H groups in total. The normalized spacial score (nSPS) is 11.5. The van der Waals surface area contributed by atoms with Gasteiger partial charge in [-0.3, -0.25) is 0 Å². The average molecular weight is 263 g/mol. The maximum absolute atomic E-state index is 5.95. The van der Waals surface area contributed by atoms with Gasteiger partial charge in [-0.05, 0) is 24.6 Å². The van der Waals surface area contributed by atoms with E-state index in [0.29, 0.717) is 0 Å². The fourth-order valence-electron chi connectivity index (χ4n) is 2.77. The second-order valence-electron chi connectivity index (χ2n) is 5.11. The minimum Gasteiger partial charge on any atom is -0.387 e. The van der Waals surface area contributed by atoms with Crippen LogP contribution in [0.1, 0.15) is 5.56 Å². The van der Waals surface area contributed by atoms with Crippen molar-refractivity contribution in [1.82, 2.24) is 4.57 Å². The first kappa shape index (κ1) is 11.3. The van der Waals surface area contributed by atoms with Gasteiger partial charge in [0.2, 0.25) is 0 Å². The van der Waals surface area contributed by atoms with E-state index in [1.165, 1.54) is 11.1 Å². The summed E-state index contributed by atoms with van der Waals surface area (Å²) in [5.74, 6) is 0.851. The zero-order valence-corrected chi connectivity index (χ0v) is 11.5. The Hall–Kier alpha value is -2.55. The molecule has 0 spiro atoms. The summed E-state index contributed by atoms with van der Waals surface area (Å²) in [6, 6.07) is 16.5. The zero-order valence-electron chi connectivity index (χ0n) is 11.5. The molecular formula is C17H15N2O+. The van der Waals surface area contributed by atoms with Crippen molar-refractivity contribution in [3.05, 3.63) is 60.3 Å². The van der Waals surface area contributed by atoms with Crippen LogP contribution in [0.25, 0.3) is 28.2 Å².